The number of para-hydroxylation sites is 2. The zero-order valence-electron chi connectivity index (χ0n) is 14.8. The van der Waals surface area contributed by atoms with Gasteiger partial charge in [0.05, 0.1) is 11.1 Å². The normalized spacial score (nSPS) is 15.7. The lowest BCUT2D eigenvalue weighted by Gasteiger charge is -2.35. The Balaban J connectivity index is 1.34. The van der Waals surface area contributed by atoms with Gasteiger partial charge in [-0.1, -0.05) is 35.5 Å². The molecule has 27 heavy (non-hydrogen) atoms. The van der Waals surface area contributed by atoms with E-state index in [1.165, 1.54) is 5.69 Å². The van der Waals surface area contributed by atoms with Crippen molar-refractivity contribution in [2.75, 3.05) is 31.1 Å². The predicted molar refractivity (Wildman–Crippen MR) is 101 cm³/mol. The third-order valence-electron chi connectivity index (χ3n) is 5.18. The molecule has 0 saturated carbocycles. The number of fused-ring (bicyclic) bond motifs is 3. The second-order valence-corrected chi connectivity index (χ2v) is 6.74. The van der Waals surface area contributed by atoms with Crippen LogP contribution in [0.25, 0.3) is 11.3 Å². The lowest BCUT2D eigenvalue weighted by Crippen LogP contribution is -2.49. The molecule has 0 unspecified atom stereocenters. The van der Waals surface area contributed by atoms with E-state index in [9.17, 15) is 4.79 Å². The molecule has 0 bridgehead atoms. The number of hydrogen-bond donors (Lipinski definition) is 0. The van der Waals surface area contributed by atoms with Gasteiger partial charge in [0.2, 0.25) is 0 Å². The number of amides is 1. The summed E-state index contributed by atoms with van der Waals surface area (Å²) in [5.74, 6) is 1.32. The van der Waals surface area contributed by atoms with Crippen LogP contribution in [0.4, 0.5) is 5.69 Å². The molecule has 3 aromatic rings. The van der Waals surface area contributed by atoms with E-state index in [-0.39, 0.29) is 5.91 Å². The lowest BCUT2D eigenvalue weighted by atomic mass is 10.0. The zero-order valence-corrected chi connectivity index (χ0v) is 14.8. The van der Waals surface area contributed by atoms with Crippen molar-refractivity contribution in [1.29, 1.82) is 0 Å². The maximum absolute atomic E-state index is 13.0. The Hall–Kier alpha value is -3.28. The molecule has 1 saturated heterocycles. The largest absolute Gasteiger partial charge is 0.488 e. The van der Waals surface area contributed by atoms with Gasteiger partial charge in [-0.25, -0.2) is 0 Å². The van der Waals surface area contributed by atoms with Crippen molar-refractivity contribution in [3.05, 3.63) is 65.9 Å². The van der Waals surface area contributed by atoms with Crippen LogP contribution in [0.1, 0.15) is 16.1 Å². The number of ether oxygens (including phenoxy) is 1. The Kier molecular flexibility index (Phi) is 3.81. The van der Waals surface area contributed by atoms with Crippen LogP contribution < -0.4 is 9.64 Å². The molecule has 0 spiro atoms. The van der Waals surface area contributed by atoms with Crippen molar-refractivity contribution in [3.63, 3.8) is 0 Å². The third kappa shape index (κ3) is 2.73. The van der Waals surface area contributed by atoms with Crippen LogP contribution >= 0.6 is 0 Å². The molecule has 5 rings (SSSR count). The number of carbonyl (C=O) groups is 1. The van der Waals surface area contributed by atoms with Crippen molar-refractivity contribution in [2.45, 2.75) is 6.61 Å². The van der Waals surface area contributed by atoms with E-state index >= 15 is 0 Å². The molecular weight excluding hydrogens is 342 g/mol. The average molecular weight is 361 g/mol. The number of aromatic nitrogens is 1. The van der Waals surface area contributed by atoms with Crippen LogP contribution in [0.5, 0.6) is 5.75 Å². The molecule has 0 N–H and O–H groups in total. The van der Waals surface area contributed by atoms with Crippen LogP contribution in [0, 0.1) is 0 Å². The van der Waals surface area contributed by atoms with Crippen molar-refractivity contribution >= 4 is 11.6 Å². The Morgan fingerprint density at radius 3 is 2.48 bits per heavy atom. The summed E-state index contributed by atoms with van der Waals surface area (Å²) >= 11 is 0. The molecule has 1 fully saturated rings. The summed E-state index contributed by atoms with van der Waals surface area (Å²) in [5.41, 5.74) is 3.14. The van der Waals surface area contributed by atoms with E-state index < -0.39 is 0 Å². The molecule has 3 heterocycles. The minimum Gasteiger partial charge on any atom is -0.488 e. The summed E-state index contributed by atoms with van der Waals surface area (Å²) in [7, 11) is 0. The van der Waals surface area contributed by atoms with Crippen LogP contribution in [0.15, 0.2) is 59.1 Å². The molecule has 1 amide bonds. The monoisotopic (exact) mass is 361 g/mol. The van der Waals surface area contributed by atoms with Gasteiger partial charge < -0.3 is 19.1 Å². The number of anilines is 1. The van der Waals surface area contributed by atoms with E-state index in [0.29, 0.717) is 31.2 Å². The number of benzene rings is 2. The lowest BCUT2D eigenvalue weighted by molar-refractivity contribution is 0.0734. The molecule has 6 nitrogen and oxygen atoms in total. The summed E-state index contributed by atoms with van der Waals surface area (Å²) in [6.07, 6.45) is 0. The maximum atomic E-state index is 13.0. The molecule has 2 aliphatic rings. The molecule has 0 atom stereocenters. The molecule has 0 aliphatic carbocycles. The minimum atomic E-state index is -0.0873. The summed E-state index contributed by atoms with van der Waals surface area (Å²) in [4.78, 5) is 17.2. The fraction of sp³-hybridized carbons (Fsp3) is 0.238. The smallest absolute Gasteiger partial charge is 0.276 e. The third-order valence-corrected chi connectivity index (χ3v) is 5.18. The molecule has 2 aliphatic heterocycles. The minimum absolute atomic E-state index is 0.0873. The van der Waals surface area contributed by atoms with Gasteiger partial charge in [0.1, 0.15) is 12.4 Å². The molecule has 6 heteroatoms. The number of rotatable bonds is 2. The highest BCUT2D eigenvalue weighted by Gasteiger charge is 2.32. The van der Waals surface area contributed by atoms with E-state index in [1.54, 1.807) is 0 Å². The maximum Gasteiger partial charge on any atom is 0.276 e. The highest BCUT2D eigenvalue weighted by Crippen LogP contribution is 2.38. The van der Waals surface area contributed by atoms with Gasteiger partial charge >= 0.3 is 0 Å². The number of nitrogens with zero attached hydrogens (tertiary/aromatic N) is 3. The number of hydrogen-bond acceptors (Lipinski definition) is 5. The highest BCUT2D eigenvalue weighted by molar-refractivity contribution is 5.95. The predicted octanol–water partition coefficient (Wildman–Crippen LogP) is 3.20. The fourth-order valence-corrected chi connectivity index (χ4v) is 3.71. The Morgan fingerprint density at radius 2 is 1.67 bits per heavy atom. The number of carbonyl (C=O) groups excluding carboxylic acids is 1. The summed E-state index contributed by atoms with van der Waals surface area (Å²) in [5, 5.41) is 4.09. The Bertz CT molecular complexity index is 975. The first-order valence-electron chi connectivity index (χ1n) is 9.11. The summed E-state index contributed by atoms with van der Waals surface area (Å²) in [6, 6.07) is 17.9. The van der Waals surface area contributed by atoms with Gasteiger partial charge in [-0.3, -0.25) is 4.79 Å². The average Bonchev–Trinajstić information content (AvgIpc) is 3.19. The first kappa shape index (κ1) is 15.9. The first-order valence-corrected chi connectivity index (χ1v) is 9.11. The van der Waals surface area contributed by atoms with E-state index in [0.717, 1.165) is 30.0 Å². The van der Waals surface area contributed by atoms with Crippen LogP contribution in [0.2, 0.25) is 0 Å². The van der Waals surface area contributed by atoms with Crippen LogP contribution in [0.3, 0.4) is 0 Å². The molecule has 136 valence electrons. The Morgan fingerprint density at radius 1 is 0.926 bits per heavy atom. The van der Waals surface area contributed by atoms with Crippen LogP contribution in [-0.4, -0.2) is 42.1 Å². The molecule has 0 radical (unpaired) electrons. The van der Waals surface area contributed by atoms with E-state index in [1.807, 2.05) is 47.4 Å². The van der Waals surface area contributed by atoms with Gasteiger partial charge in [0.25, 0.3) is 5.91 Å². The standard InChI is InChI=1S/C21H19N3O3/c25-21(24-12-10-23(11-13-24)15-6-2-1-3-7-15)19-17-14-26-18-9-5-4-8-16(18)20(17)27-22-19/h1-9H,10-14H2. The van der Waals surface area contributed by atoms with E-state index in [4.69, 9.17) is 9.26 Å². The van der Waals surface area contributed by atoms with Crippen LogP contribution in [-0.2, 0) is 6.61 Å². The van der Waals surface area contributed by atoms with Gasteiger partial charge in [0.15, 0.2) is 11.5 Å². The van der Waals surface area contributed by atoms with E-state index in [2.05, 4.69) is 22.2 Å². The number of piperazine rings is 1. The summed E-state index contributed by atoms with van der Waals surface area (Å²) in [6.45, 7) is 3.23. The van der Waals surface area contributed by atoms with Crippen molar-refractivity contribution < 1.29 is 14.1 Å². The molecular formula is C21H19N3O3. The summed E-state index contributed by atoms with van der Waals surface area (Å²) < 4.78 is 11.3. The Labute approximate surface area is 156 Å². The second-order valence-electron chi connectivity index (χ2n) is 6.74. The quantitative estimate of drug-likeness (QED) is 0.702. The van der Waals surface area contributed by atoms with Gasteiger partial charge in [0, 0.05) is 31.9 Å². The van der Waals surface area contributed by atoms with Crippen molar-refractivity contribution in [3.8, 4) is 17.1 Å². The van der Waals surface area contributed by atoms with Gasteiger partial charge in [-0.15, -0.1) is 0 Å². The van der Waals surface area contributed by atoms with Crippen molar-refractivity contribution in [2.24, 2.45) is 0 Å². The van der Waals surface area contributed by atoms with Gasteiger partial charge in [-0.05, 0) is 24.3 Å². The SMILES string of the molecule is O=C(c1noc2c1COc1ccccc1-2)N1CCN(c2ccccc2)CC1. The highest BCUT2D eigenvalue weighted by atomic mass is 16.5. The molecule has 2 aromatic carbocycles. The molecule has 1 aromatic heterocycles. The zero-order chi connectivity index (χ0) is 18.2. The topological polar surface area (TPSA) is 58.8 Å². The first-order chi connectivity index (χ1) is 13.3. The van der Waals surface area contributed by atoms with Gasteiger partial charge in [-0.2, -0.15) is 0 Å². The fourth-order valence-electron chi connectivity index (χ4n) is 3.71. The second kappa shape index (κ2) is 6.46. The van der Waals surface area contributed by atoms with Crippen molar-refractivity contribution in [1.82, 2.24) is 10.1 Å².